The number of hydrogen-bond donors (Lipinski definition) is 0. The van der Waals surface area contributed by atoms with Crippen LogP contribution < -0.4 is 9.64 Å². The Labute approximate surface area is 252 Å². The van der Waals surface area contributed by atoms with E-state index in [0.29, 0.717) is 29.8 Å². The lowest BCUT2D eigenvalue weighted by atomic mass is 9.87. The lowest BCUT2D eigenvalue weighted by Gasteiger charge is -2.36. The van der Waals surface area contributed by atoms with Crippen molar-refractivity contribution in [2.75, 3.05) is 51.7 Å². The van der Waals surface area contributed by atoms with Crippen LogP contribution in [0.25, 0.3) is 11.3 Å². The Morgan fingerprint density at radius 2 is 1.77 bits per heavy atom. The van der Waals surface area contributed by atoms with Gasteiger partial charge in [-0.25, -0.2) is 18.7 Å². The van der Waals surface area contributed by atoms with Gasteiger partial charge in [-0.2, -0.15) is 4.39 Å². The molecule has 1 aromatic carbocycles. The number of halogens is 3. The fourth-order valence-corrected chi connectivity index (χ4v) is 6.27. The van der Waals surface area contributed by atoms with Crippen molar-refractivity contribution in [1.29, 1.82) is 0 Å². The molecule has 1 atom stereocenters. The summed E-state index contributed by atoms with van der Waals surface area (Å²) in [5, 5.41) is 0. The third kappa shape index (κ3) is 6.65. The summed E-state index contributed by atoms with van der Waals surface area (Å²) >= 11 is 0. The van der Waals surface area contributed by atoms with Crippen molar-refractivity contribution in [2.24, 2.45) is 0 Å². The standard InChI is InChI=1S/C33H41F3N6O/c1-20(2)42-19-29(36)43-33-26(34)15-23(16-28(33)42)32-27(35)18-37-30(39-32)17-24-7-8-25(31(38-24)22-5-6-22)21-9-11-41(12-10-21)14-13-40(3)4/h7-8,15-16,18,20-22,29H,5-6,9-14,17,19H2,1-4H3. The number of aromatic nitrogens is 3. The van der Waals surface area contributed by atoms with Gasteiger partial charge in [0.05, 0.1) is 24.8 Å². The first-order valence-electron chi connectivity index (χ1n) is 15.5. The smallest absolute Gasteiger partial charge is 0.256 e. The minimum Gasteiger partial charge on any atom is -0.453 e. The first-order valence-corrected chi connectivity index (χ1v) is 15.5. The summed E-state index contributed by atoms with van der Waals surface area (Å²) in [5.41, 5.74) is 4.05. The Morgan fingerprint density at radius 3 is 2.47 bits per heavy atom. The molecule has 2 fully saturated rings. The van der Waals surface area contributed by atoms with E-state index in [9.17, 15) is 4.39 Å². The quantitative estimate of drug-likeness (QED) is 0.305. The van der Waals surface area contributed by atoms with Crippen LogP contribution in [0.5, 0.6) is 5.75 Å². The summed E-state index contributed by atoms with van der Waals surface area (Å²) in [6.45, 7) is 8.13. The molecule has 4 heterocycles. The molecule has 1 aliphatic carbocycles. The van der Waals surface area contributed by atoms with E-state index in [1.165, 1.54) is 11.3 Å². The minimum atomic E-state index is -1.64. The summed E-state index contributed by atoms with van der Waals surface area (Å²) in [5.74, 6) is -0.149. The van der Waals surface area contributed by atoms with Gasteiger partial charge in [-0.05, 0) is 96.4 Å². The van der Waals surface area contributed by atoms with Crippen molar-refractivity contribution in [3.8, 4) is 17.0 Å². The monoisotopic (exact) mass is 594 g/mol. The van der Waals surface area contributed by atoms with Gasteiger partial charge < -0.3 is 19.4 Å². The Hall–Kier alpha value is -3.24. The summed E-state index contributed by atoms with van der Waals surface area (Å²) in [4.78, 5) is 20.4. The van der Waals surface area contributed by atoms with Gasteiger partial charge in [0.2, 0.25) is 0 Å². The van der Waals surface area contributed by atoms with Gasteiger partial charge in [-0.3, -0.25) is 4.98 Å². The third-order valence-corrected chi connectivity index (χ3v) is 8.82. The molecule has 0 N–H and O–H groups in total. The average molecular weight is 595 g/mol. The topological polar surface area (TPSA) is 57.6 Å². The highest BCUT2D eigenvalue weighted by atomic mass is 19.1. The zero-order chi connectivity index (χ0) is 30.2. The van der Waals surface area contributed by atoms with Crippen LogP contribution in [0.1, 0.15) is 74.1 Å². The van der Waals surface area contributed by atoms with Crippen LogP contribution in [-0.4, -0.2) is 84.0 Å². The summed E-state index contributed by atoms with van der Waals surface area (Å²) in [6, 6.07) is 6.94. The number of piperidine rings is 1. The molecule has 1 unspecified atom stereocenters. The molecule has 43 heavy (non-hydrogen) atoms. The first kappa shape index (κ1) is 29.8. The van der Waals surface area contributed by atoms with Gasteiger partial charge in [0, 0.05) is 42.0 Å². The van der Waals surface area contributed by atoms with Crippen molar-refractivity contribution < 1.29 is 17.9 Å². The van der Waals surface area contributed by atoms with E-state index in [1.54, 1.807) is 11.0 Å². The molecule has 2 aromatic heterocycles. The molecule has 0 radical (unpaired) electrons. The highest BCUT2D eigenvalue weighted by Crippen LogP contribution is 2.44. The number of benzene rings is 1. The maximum atomic E-state index is 15.1. The van der Waals surface area contributed by atoms with Crippen molar-refractivity contribution in [3.63, 3.8) is 0 Å². The van der Waals surface area contributed by atoms with Crippen molar-refractivity contribution in [2.45, 2.75) is 70.2 Å². The molecule has 3 aromatic rings. The lowest BCUT2D eigenvalue weighted by molar-refractivity contribution is 0.0591. The highest BCUT2D eigenvalue weighted by Gasteiger charge is 2.33. The summed E-state index contributed by atoms with van der Waals surface area (Å²) in [6.07, 6.45) is 4.43. The van der Waals surface area contributed by atoms with E-state index in [0.717, 1.165) is 69.8 Å². The van der Waals surface area contributed by atoms with Crippen LogP contribution >= 0.6 is 0 Å². The van der Waals surface area contributed by atoms with E-state index in [2.05, 4.69) is 46.0 Å². The Balaban J connectivity index is 1.22. The zero-order valence-electron chi connectivity index (χ0n) is 25.5. The molecule has 0 bridgehead atoms. The number of hydrogen-bond acceptors (Lipinski definition) is 7. The molecule has 1 saturated heterocycles. The van der Waals surface area contributed by atoms with Crippen LogP contribution in [0.4, 0.5) is 18.9 Å². The number of fused-ring (bicyclic) bond motifs is 1. The fraction of sp³-hybridized carbons (Fsp3) is 0.545. The van der Waals surface area contributed by atoms with Crippen LogP contribution in [-0.2, 0) is 6.42 Å². The largest absolute Gasteiger partial charge is 0.453 e. The maximum Gasteiger partial charge on any atom is 0.256 e. The van der Waals surface area contributed by atoms with Crippen LogP contribution in [0.2, 0.25) is 0 Å². The number of likely N-dealkylation sites (N-methyl/N-ethyl adjacent to an activating group) is 1. The molecule has 1 saturated carbocycles. The second-order valence-electron chi connectivity index (χ2n) is 12.7. The SMILES string of the molecule is CC(C)N1CC(F)Oc2c(F)cc(-c3nc(Cc4ccc(C5CCN(CCN(C)C)CC5)c(C5CC5)n4)ncc3F)cc21. The van der Waals surface area contributed by atoms with Gasteiger partial charge in [-0.15, -0.1) is 0 Å². The molecule has 3 aliphatic rings. The normalized spacial score (nSPS) is 19.7. The van der Waals surface area contributed by atoms with Crippen LogP contribution in [0, 0.1) is 11.6 Å². The zero-order valence-corrected chi connectivity index (χ0v) is 25.5. The molecule has 0 spiro atoms. The average Bonchev–Trinajstić information content (AvgIpc) is 3.83. The molecule has 2 aliphatic heterocycles. The maximum absolute atomic E-state index is 15.1. The molecule has 6 rings (SSSR count). The predicted molar refractivity (Wildman–Crippen MR) is 161 cm³/mol. The molecular weight excluding hydrogens is 553 g/mol. The van der Waals surface area contributed by atoms with E-state index < -0.39 is 18.0 Å². The first-order chi connectivity index (χ1) is 20.7. The highest BCUT2D eigenvalue weighted by molar-refractivity contribution is 5.72. The second kappa shape index (κ2) is 12.4. The van der Waals surface area contributed by atoms with E-state index in [4.69, 9.17) is 9.72 Å². The molecule has 10 heteroatoms. The Morgan fingerprint density at radius 1 is 1.00 bits per heavy atom. The number of nitrogens with zero attached hydrogens (tertiary/aromatic N) is 6. The van der Waals surface area contributed by atoms with Crippen molar-refractivity contribution in [3.05, 3.63) is 64.9 Å². The number of rotatable bonds is 9. The number of pyridine rings is 1. The van der Waals surface area contributed by atoms with Crippen molar-refractivity contribution in [1.82, 2.24) is 24.8 Å². The molecular formula is C33H41F3N6O. The van der Waals surface area contributed by atoms with E-state index in [-0.39, 0.29) is 29.6 Å². The van der Waals surface area contributed by atoms with Gasteiger partial charge >= 0.3 is 0 Å². The Bertz CT molecular complexity index is 1450. The van der Waals surface area contributed by atoms with Gasteiger partial charge in [0.15, 0.2) is 17.4 Å². The lowest BCUT2D eigenvalue weighted by Crippen LogP contribution is -2.42. The molecule has 0 amide bonds. The van der Waals surface area contributed by atoms with E-state index in [1.807, 2.05) is 13.8 Å². The fourth-order valence-electron chi connectivity index (χ4n) is 6.27. The van der Waals surface area contributed by atoms with Gasteiger partial charge in [0.25, 0.3) is 6.36 Å². The predicted octanol–water partition coefficient (Wildman–Crippen LogP) is 5.93. The Kier molecular flexibility index (Phi) is 8.60. The van der Waals surface area contributed by atoms with Crippen LogP contribution in [0.3, 0.4) is 0 Å². The van der Waals surface area contributed by atoms with Crippen molar-refractivity contribution >= 4 is 5.69 Å². The van der Waals surface area contributed by atoms with Crippen LogP contribution in [0.15, 0.2) is 30.5 Å². The van der Waals surface area contributed by atoms with E-state index >= 15 is 8.78 Å². The molecule has 7 nitrogen and oxygen atoms in total. The summed E-state index contributed by atoms with van der Waals surface area (Å²) in [7, 11) is 4.23. The minimum absolute atomic E-state index is 0.00200. The number of likely N-dealkylation sites (tertiary alicyclic amines) is 1. The summed E-state index contributed by atoms with van der Waals surface area (Å²) < 4.78 is 49.5. The third-order valence-electron chi connectivity index (χ3n) is 8.82. The second-order valence-corrected chi connectivity index (χ2v) is 12.7. The van der Waals surface area contributed by atoms with Gasteiger partial charge in [-0.1, -0.05) is 6.07 Å². The molecule has 230 valence electrons. The number of ether oxygens (including phenoxy) is 1. The van der Waals surface area contributed by atoms with Gasteiger partial charge in [0.1, 0.15) is 11.5 Å². The number of alkyl halides is 1. The number of anilines is 1.